The third-order valence-corrected chi connectivity index (χ3v) is 5.15. The maximum absolute atomic E-state index is 4.71. The molecular formula is C19H24N6. The monoisotopic (exact) mass is 336 g/mol. The lowest BCUT2D eigenvalue weighted by atomic mass is 10.1. The average molecular weight is 336 g/mol. The lowest BCUT2D eigenvalue weighted by molar-refractivity contribution is 0.607. The first-order chi connectivity index (χ1) is 12.1. The third-order valence-electron chi connectivity index (χ3n) is 5.15. The lowest BCUT2D eigenvalue weighted by Crippen LogP contribution is -2.14. The van der Waals surface area contributed by atoms with Crippen molar-refractivity contribution in [1.82, 2.24) is 24.6 Å². The maximum Gasteiger partial charge on any atom is 0.222 e. The van der Waals surface area contributed by atoms with Crippen molar-refractivity contribution in [1.29, 1.82) is 0 Å². The molecule has 6 heteroatoms. The Bertz CT molecular complexity index is 1020. The summed E-state index contributed by atoms with van der Waals surface area (Å²) in [6.45, 7) is 5.22. The number of hydrogen-bond donors (Lipinski definition) is 1. The zero-order chi connectivity index (χ0) is 17.0. The molecule has 0 aliphatic heterocycles. The predicted molar refractivity (Wildman–Crippen MR) is 101 cm³/mol. The molecule has 0 radical (unpaired) electrons. The Labute approximate surface area is 149 Å². The number of imidazole rings is 1. The van der Waals surface area contributed by atoms with Crippen molar-refractivity contribution < 1.29 is 2.85 Å². The smallest absolute Gasteiger partial charge is 0.222 e. The van der Waals surface area contributed by atoms with E-state index in [-0.39, 0.29) is 2.85 Å². The Kier molecular flexibility index (Phi) is 2.98. The number of allylic oxidation sites excluding steroid dienone is 1. The van der Waals surface area contributed by atoms with Gasteiger partial charge in [0.05, 0.1) is 23.3 Å². The second-order valence-electron chi connectivity index (χ2n) is 7.44. The maximum atomic E-state index is 4.71. The van der Waals surface area contributed by atoms with Gasteiger partial charge in [-0.25, -0.2) is 19.5 Å². The van der Waals surface area contributed by atoms with Crippen LogP contribution in [0, 0.1) is 12.3 Å². The number of fused-ring (bicyclic) bond motifs is 2. The normalized spacial score (nSPS) is 17.4. The van der Waals surface area contributed by atoms with Crippen molar-refractivity contribution in [3.8, 4) is 0 Å². The van der Waals surface area contributed by atoms with E-state index in [0.29, 0.717) is 5.41 Å². The van der Waals surface area contributed by atoms with Gasteiger partial charge in [0.25, 0.3) is 0 Å². The van der Waals surface area contributed by atoms with E-state index in [1.807, 2.05) is 36.0 Å². The summed E-state index contributed by atoms with van der Waals surface area (Å²) >= 11 is 0. The van der Waals surface area contributed by atoms with Crippen molar-refractivity contribution in [3.63, 3.8) is 0 Å². The lowest BCUT2D eigenvalue weighted by Gasteiger charge is -2.11. The summed E-state index contributed by atoms with van der Waals surface area (Å²) in [6, 6.07) is 4.02. The SMILES string of the molecule is Cc1cn2nc(C3=CCc4nc(NCC5(C)CC5)ncc43)ccc2n1.[HH].[HH]. The predicted octanol–water partition coefficient (Wildman–Crippen LogP) is 3.52. The molecule has 0 saturated heterocycles. The molecule has 0 amide bonds. The van der Waals surface area contributed by atoms with Gasteiger partial charge in [-0.05, 0) is 37.3 Å². The fraction of sp³-hybridized carbons (Fsp3) is 0.368. The molecule has 1 fully saturated rings. The number of nitrogens with one attached hydrogen (secondary N) is 1. The Morgan fingerprint density at radius 2 is 2.16 bits per heavy atom. The zero-order valence-electron chi connectivity index (χ0n) is 14.5. The molecule has 130 valence electrons. The van der Waals surface area contributed by atoms with E-state index >= 15 is 0 Å². The van der Waals surface area contributed by atoms with Crippen LogP contribution < -0.4 is 5.32 Å². The summed E-state index contributed by atoms with van der Waals surface area (Å²) in [7, 11) is 0. The summed E-state index contributed by atoms with van der Waals surface area (Å²) in [6.07, 6.45) is 9.45. The minimum atomic E-state index is 0. The molecule has 5 rings (SSSR count). The molecule has 25 heavy (non-hydrogen) atoms. The number of rotatable bonds is 4. The summed E-state index contributed by atoms with van der Waals surface area (Å²) in [5, 5.41) is 8.08. The third kappa shape index (κ3) is 2.58. The number of aromatic nitrogens is 5. The van der Waals surface area contributed by atoms with Crippen LogP contribution in [0.1, 0.15) is 45.3 Å². The van der Waals surface area contributed by atoms with Gasteiger partial charge in [-0.15, -0.1) is 0 Å². The van der Waals surface area contributed by atoms with Crippen LogP contribution in [0.25, 0.3) is 11.2 Å². The first-order valence-electron chi connectivity index (χ1n) is 8.73. The molecule has 3 aromatic rings. The van der Waals surface area contributed by atoms with E-state index in [4.69, 9.17) is 10.1 Å². The highest BCUT2D eigenvalue weighted by Gasteiger charge is 2.37. The molecular weight excluding hydrogens is 312 g/mol. The first-order valence-corrected chi connectivity index (χ1v) is 8.73. The van der Waals surface area contributed by atoms with Gasteiger partial charge in [-0.1, -0.05) is 13.0 Å². The van der Waals surface area contributed by atoms with Gasteiger partial charge in [-0.3, -0.25) is 0 Å². The highest BCUT2D eigenvalue weighted by Crippen LogP contribution is 2.44. The molecule has 0 unspecified atom stereocenters. The number of hydrogen-bond acceptors (Lipinski definition) is 5. The van der Waals surface area contributed by atoms with Crippen LogP contribution in [0.5, 0.6) is 0 Å². The second-order valence-corrected chi connectivity index (χ2v) is 7.44. The molecule has 2 aliphatic carbocycles. The van der Waals surface area contributed by atoms with Gasteiger partial charge in [0, 0.05) is 33.2 Å². The van der Waals surface area contributed by atoms with E-state index in [2.05, 4.69) is 28.3 Å². The second kappa shape index (κ2) is 5.12. The number of nitrogens with zero attached hydrogens (tertiary/aromatic N) is 5. The van der Waals surface area contributed by atoms with Gasteiger partial charge in [0.1, 0.15) is 0 Å². The Hall–Kier alpha value is -2.76. The largest absolute Gasteiger partial charge is 0.354 e. The standard InChI is InChI=1S/C19H20N6.2H2/c1-12-10-25-17(22-12)6-5-16(24-25)13-3-4-15-14(13)9-20-18(23-15)21-11-19(2)7-8-19;;/h3,5-6,9-10H,4,7-8,11H2,1-2H3,(H,20,21,23);2*1H. The fourth-order valence-electron chi connectivity index (χ4n) is 3.26. The van der Waals surface area contributed by atoms with Gasteiger partial charge >= 0.3 is 0 Å². The highest BCUT2D eigenvalue weighted by atomic mass is 15.2. The molecule has 0 spiro atoms. The van der Waals surface area contributed by atoms with Crippen LogP contribution in [0.15, 0.2) is 30.6 Å². The highest BCUT2D eigenvalue weighted by molar-refractivity contribution is 5.82. The van der Waals surface area contributed by atoms with Crippen molar-refractivity contribution in [2.45, 2.75) is 33.1 Å². The first kappa shape index (κ1) is 14.6. The summed E-state index contributed by atoms with van der Waals surface area (Å²) in [4.78, 5) is 13.6. The van der Waals surface area contributed by atoms with Crippen LogP contribution in [0.3, 0.4) is 0 Å². The number of anilines is 1. The van der Waals surface area contributed by atoms with Crippen LogP contribution in [0.2, 0.25) is 0 Å². The van der Waals surface area contributed by atoms with E-state index in [9.17, 15) is 0 Å². The van der Waals surface area contributed by atoms with Crippen LogP contribution in [-0.4, -0.2) is 31.1 Å². The van der Waals surface area contributed by atoms with E-state index in [1.165, 1.54) is 12.8 Å². The van der Waals surface area contributed by atoms with Gasteiger partial charge in [0.15, 0.2) is 5.65 Å². The molecule has 6 nitrogen and oxygen atoms in total. The van der Waals surface area contributed by atoms with Crippen molar-refractivity contribution in [2.24, 2.45) is 5.41 Å². The van der Waals surface area contributed by atoms with E-state index in [0.717, 1.165) is 52.8 Å². The van der Waals surface area contributed by atoms with Crippen molar-refractivity contribution >= 4 is 17.2 Å². The summed E-state index contributed by atoms with van der Waals surface area (Å²) < 4.78 is 1.83. The van der Waals surface area contributed by atoms with E-state index in [1.54, 1.807) is 0 Å². The molecule has 1 saturated carbocycles. The molecule has 3 aromatic heterocycles. The molecule has 0 atom stereocenters. The van der Waals surface area contributed by atoms with Crippen LogP contribution in [-0.2, 0) is 6.42 Å². The Balaban J connectivity index is 0.00000105. The molecule has 3 heterocycles. The molecule has 0 aromatic carbocycles. The minimum Gasteiger partial charge on any atom is -0.354 e. The Morgan fingerprint density at radius 3 is 3.00 bits per heavy atom. The van der Waals surface area contributed by atoms with Gasteiger partial charge in [0.2, 0.25) is 5.95 Å². The quantitative estimate of drug-likeness (QED) is 0.789. The average Bonchev–Trinajstić information content (AvgIpc) is 3.04. The van der Waals surface area contributed by atoms with Crippen molar-refractivity contribution in [3.05, 3.63) is 53.2 Å². The summed E-state index contributed by atoms with van der Waals surface area (Å²) in [5.41, 5.74) is 6.44. The van der Waals surface area contributed by atoms with Gasteiger partial charge in [-0.2, -0.15) is 5.10 Å². The fourth-order valence-corrected chi connectivity index (χ4v) is 3.26. The minimum absolute atomic E-state index is 0. The van der Waals surface area contributed by atoms with Crippen LogP contribution in [0.4, 0.5) is 5.95 Å². The zero-order valence-corrected chi connectivity index (χ0v) is 14.5. The van der Waals surface area contributed by atoms with Gasteiger partial charge < -0.3 is 5.32 Å². The molecule has 2 aliphatic rings. The molecule has 0 bridgehead atoms. The molecule has 1 N–H and O–H groups in total. The Morgan fingerprint density at radius 1 is 1.28 bits per heavy atom. The van der Waals surface area contributed by atoms with Crippen LogP contribution >= 0.6 is 0 Å². The number of aryl methyl sites for hydroxylation is 1. The summed E-state index contributed by atoms with van der Waals surface area (Å²) in [5.74, 6) is 0.732. The topological polar surface area (TPSA) is 68.0 Å². The van der Waals surface area contributed by atoms with Crippen molar-refractivity contribution in [2.75, 3.05) is 11.9 Å². The van der Waals surface area contributed by atoms with E-state index < -0.39 is 0 Å².